The maximum atomic E-state index is 12.6. The van der Waals surface area contributed by atoms with Crippen LogP contribution in [0.15, 0.2) is 24.3 Å². The number of carbonyl (C=O) groups is 2. The fourth-order valence-corrected chi connectivity index (χ4v) is 3.67. The van der Waals surface area contributed by atoms with Gasteiger partial charge < -0.3 is 24.6 Å². The van der Waals surface area contributed by atoms with E-state index in [1.807, 2.05) is 0 Å². The zero-order valence-corrected chi connectivity index (χ0v) is 13.0. The van der Waals surface area contributed by atoms with Crippen molar-refractivity contribution in [2.24, 2.45) is 11.8 Å². The summed E-state index contributed by atoms with van der Waals surface area (Å²) in [6, 6.07) is 0. The van der Waals surface area contributed by atoms with E-state index in [0.29, 0.717) is 12.0 Å². The molecule has 3 heterocycles. The SMILES string of the molecule is C=C(C)C(=O)OCCCN1C(=O)C2C(C3C=CC2(CO)O3)C1O. The molecule has 23 heavy (non-hydrogen) atoms. The first kappa shape index (κ1) is 16.2. The Morgan fingerprint density at radius 3 is 2.96 bits per heavy atom. The minimum Gasteiger partial charge on any atom is -0.462 e. The van der Waals surface area contributed by atoms with Gasteiger partial charge in [-0.1, -0.05) is 18.7 Å². The fourth-order valence-electron chi connectivity index (χ4n) is 3.67. The van der Waals surface area contributed by atoms with E-state index in [1.54, 1.807) is 19.1 Å². The lowest BCUT2D eigenvalue weighted by Crippen LogP contribution is -2.43. The number of esters is 1. The molecule has 2 N–H and O–H groups in total. The lowest BCUT2D eigenvalue weighted by molar-refractivity contribution is -0.144. The molecule has 2 fully saturated rings. The van der Waals surface area contributed by atoms with Gasteiger partial charge in [0.1, 0.15) is 11.8 Å². The number of carbonyl (C=O) groups excluding carboxylic acids is 2. The van der Waals surface area contributed by atoms with Crippen LogP contribution in [-0.4, -0.2) is 64.7 Å². The highest BCUT2D eigenvalue weighted by molar-refractivity contribution is 5.87. The van der Waals surface area contributed by atoms with Gasteiger partial charge in [0.05, 0.1) is 25.2 Å². The van der Waals surface area contributed by atoms with Gasteiger partial charge in [0.15, 0.2) is 0 Å². The molecule has 0 aromatic heterocycles. The average Bonchev–Trinajstić information content (AvgIpc) is 3.16. The second-order valence-electron chi connectivity index (χ2n) is 6.32. The summed E-state index contributed by atoms with van der Waals surface area (Å²) < 4.78 is 10.7. The third kappa shape index (κ3) is 2.39. The smallest absolute Gasteiger partial charge is 0.333 e. The Hall–Kier alpha value is -1.70. The van der Waals surface area contributed by atoms with E-state index in [4.69, 9.17) is 9.47 Å². The second-order valence-corrected chi connectivity index (χ2v) is 6.32. The number of ether oxygens (including phenoxy) is 2. The van der Waals surface area contributed by atoms with Gasteiger partial charge in [-0.05, 0) is 13.3 Å². The molecule has 0 aromatic carbocycles. The lowest BCUT2D eigenvalue weighted by atomic mass is 9.77. The summed E-state index contributed by atoms with van der Waals surface area (Å²) >= 11 is 0. The van der Waals surface area contributed by atoms with Crippen molar-refractivity contribution < 1.29 is 29.3 Å². The standard InChI is InChI=1S/C16H21NO6/c1-9(2)15(21)22-7-3-6-17-13(19)11-10-4-5-16(8-18,23-10)12(11)14(17)20/h4-5,10-13,18-19H,1,3,6-8H2,2H3. The van der Waals surface area contributed by atoms with Crippen LogP contribution in [0.4, 0.5) is 0 Å². The summed E-state index contributed by atoms with van der Waals surface area (Å²) in [5.41, 5.74) is -0.685. The van der Waals surface area contributed by atoms with E-state index < -0.39 is 23.7 Å². The van der Waals surface area contributed by atoms with Crippen LogP contribution in [0.1, 0.15) is 13.3 Å². The second kappa shape index (κ2) is 5.74. The maximum absolute atomic E-state index is 12.6. The quantitative estimate of drug-likeness (QED) is 0.298. The molecule has 7 nitrogen and oxygen atoms in total. The molecule has 0 aliphatic carbocycles. The summed E-state index contributed by atoms with van der Waals surface area (Å²) in [4.78, 5) is 25.3. The van der Waals surface area contributed by atoms with Gasteiger partial charge in [-0.2, -0.15) is 0 Å². The summed E-state index contributed by atoms with van der Waals surface area (Å²) in [7, 11) is 0. The Morgan fingerprint density at radius 1 is 1.57 bits per heavy atom. The zero-order valence-electron chi connectivity index (χ0n) is 13.0. The Labute approximate surface area is 134 Å². The summed E-state index contributed by atoms with van der Waals surface area (Å²) in [6.07, 6.45) is 2.64. The predicted molar refractivity (Wildman–Crippen MR) is 78.9 cm³/mol. The number of rotatable bonds is 6. The average molecular weight is 323 g/mol. The molecule has 1 amide bonds. The normalized spacial score (nSPS) is 37.3. The number of hydrogen-bond donors (Lipinski definition) is 2. The van der Waals surface area contributed by atoms with Gasteiger partial charge in [-0.3, -0.25) is 4.79 Å². The Balaban J connectivity index is 1.60. The van der Waals surface area contributed by atoms with Crippen molar-refractivity contribution in [3.63, 3.8) is 0 Å². The van der Waals surface area contributed by atoms with Crippen LogP contribution in [0.5, 0.6) is 0 Å². The van der Waals surface area contributed by atoms with Crippen LogP contribution >= 0.6 is 0 Å². The van der Waals surface area contributed by atoms with Gasteiger partial charge in [0, 0.05) is 18.0 Å². The molecule has 0 aromatic rings. The van der Waals surface area contributed by atoms with Crippen molar-refractivity contribution in [3.8, 4) is 0 Å². The van der Waals surface area contributed by atoms with Crippen molar-refractivity contribution in [2.75, 3.05) is 19.8 Å². The molecule has 2 bridgehead atoms. The molecule has 0 radical (unpaired) electrons. The van der Waals surface area contributed by atoms with E-state index in [1.165, 1.54) is 4.90 Å². The minimum atomic E-state index is -1.01. The molecular weight excluding hydrogens is 302 g/mol. The highest BCUT2D eigenvalue weighted by atomic mass is 16.5. The van der Waals surface area contributed by atoms with Crippen LogP contribution in [0.25, 0.3) is 0 Å². The highest BCUT2D eigenvalue weighted by Gasteiger charge is 2.66. The number of aliphatic hydroxyl groups excluding tert-OH is 2. The van der Waals surface area contributed by atoms with Crippen molar-refractivity contribution in [1.82, 2.24) is 4.90 Å². The van der Waals surface area contributed by atoms with Gasteiger partial charge >= 0.3 is 5.97 Å². The fraction of sp³-hybridized carbons (Fsp3) is 0.625. The van der Waals surface area contributed by atoms with Crippen molar-refractivity contribution in [2.45, 2.75) is 31.3 Å². The van der Waals surface area contributed by atoms with Gasteiger partial charge in [0.2, 0.25) is 5.91 Å². The molecule has 126 valence electrons. The molecule has 2 saturated heterocycles. The third-order valence-corrected chi connectivity index (χ3v) is 4.80. The van der Waals surface area contributed by atoms with Crippen LogP contribution in [0.3, 0.4) is 0 Å². The molecule has 0 spiro atoms. The number of hydrogen-bond acceptors (Lipinski definition) is 6. The van der Waals surface area contributed by atoms with Crippen LogP contribution < -0.4 is 0 Å². The van der Waals surface area contributed by atoms with Crippen LogP contribution in [0.2, 0.25) is 0 Å². The first-order valence-corrected chi connectivity index (χ1v) is 7.70. The van der Waals surface area contributed by atoms with Gasteiger partial charge in [-0.25, -0.2) is 4.79 Å². The summed E-state index contributed by atoms with van der Waals surface area (Å²) in [5.74, 6) is -1.62. The van der Waals surface area contributed by atoms with Gasteiger partial charge in [0.25, 0.3) is 0 Å². The largest absolute Gasteiger partial charge is 0.462 e. The van der Waals surface area contributed by atoms with E-state index in [2.05, 4.69) is 6.58 Å². The molecule has 5 unspecified atom stereocenters. The number of likely N-dealkylation sites (tertiary alicyclic amines) is 1. The number of nitrogens with zero attached hydrogens (tertiary/aromatic N) is 1. The number of aliphatic hydroxyl groups is 2. The molecule has 5 atom stereocenters. The third-order valence-electron chi connectivity index (χ3n) is 4.80. The predicted octanol–water partition coefficient (Wildman–Crippen LogP) is -0.412. The van der Waals surface area contributed by atoms with E-state index in [0.717, 1.165) is 0 Å². The summed E-state index contributed by atoms with van der Waals surface area (Å²) in [5, 5.41) is 20.1. The number of fused-ring (bicyclic) bond motifs is 5. The van der Waals surface area contributed by atoms with Crippen LogP contribution in [-0.2, 0) is 19.1 Å². The minimum absolute atomic E-state index is 0.154. The van der Waals surface area contributed by atoms with Gasteiger partial charge in [-0.15, -0.1) is 0 Å². The molecule has 0 saturated carbocycles. The van der Waals surface area contributed by atoms with Crippen molar-refractivity contribution in [1.29, 1.82) is 0 Å². The Kier molecular flexibility index (Phi) is 4.03. The topological polar surface area (TPSA) is 96.3 Å². The van der Waals surface area contributed by atoms with Crippen molar-refractivity contribution in [3.05, 3.63) is 24.3 Å². The van der Waals surface area contributed by atoms with Crippen molar-refractivity contribution >= 4 is 11.9 Å². The molecule has 3 aliphatic heterocycles. The Morgan fingerprint density at radius 2 is 2.30 bits per heavy atom. The zero-order chi connectivity index (χ0) is 16.8. The van der Waals surface area contributed by atoms with Crippen LogP contribution in [0, 0.1) is 11.8 Å². The lowest BCUT2D eigenvalue weighted by Gasteiger charge is -2.27. The monoisotopic (exact) mass is 323 g/mol. The van der Waals surface area contributed by atoms with E-state index in [9.17, 15) is 19.8 Å². The van der Waals surface area contributed by atoms with E-state index in [-0.39, 0.29) is 37.7 Å². The molecular formula is C16H21NO6. The van der Waals surface area contributed by atoms with E-state index >= 15 is 0 Å². The highest BCUT2D eigenvalue weighted by Crippen LogP contribution is 2.52. The maximum Gasteiger partial charge on any atom is 0.333 e. The molecule has 3 aliphatic rings. The Bertz CT molecular complexity index is 573. The molecule has 7 heteroatoms. The molecule has 3 rings (SSSR count). The number of amides is 1. The first-order chi connectivity index (χ1) is 10.9. The first-order valence-electron chi connectivity index (χ1n) is 7.70. The summed E-state index contributed by atoms with van der Waals surface area (Å²) in [6.45, 7) is 5.20.